The molecule has 1 saturated heterocycles. The molecule has 1 unspecified atom stereocenters. The van der Waals surface area contributed by atoms with Crippen LogP contribution in [0.1, 0.15) is 49.9 Å². The molecule has 3 nitrogen and oxygen atoms in total. The third kappa shape index (κ3) is 3.29. The van der Waals surface area contributed by atoms with E-state index in [4.69, 9.17) is 9.97 Å². The summed E-state index contributed by atoms with van der Waals surface area (Å²) in [6.45, 7) is 5.32. The van der Waals surface area contributed by atoms with Gasteiger partial charge in [-0.25, -0.2) is 9.97 Å². The molecule has 0 amide bonds. The summed E-state index contributed by atoms with van der Waals surface area (Å²) in [7, 11) is 0. The molecule has 1 atom stereocenters. The number of halogens is 1. The summed E-state index contributed by atoms with van der Waals surface area (Å²) >= 11 is 4.36. The van der Waals surface area contributed by atoms with E-state index in [9.17, 15) is 0 Å². The Kier molecular flexibility index (Phi) is 5.54. The summed E-state index contributed by atoms with van der Waals surface area (Å²) in [5.74, 6) is 3.32. The van der Waals surface area contributed by atoms with E-state index < -0.39 is 0 Å². The monoisotopic (exact) mass is 377 g/mol. The van der Waals surface area contributed by atoms with Gasteiger partial charge < -0.3 is 5.32 Å². The molecule has 1 aliphatic heterocycles. The van der Waals surface area contributed by atoms with Gasteiger partial charge in [-0.15, -0.1) is 0 Å². The number of hydrogen-bond acceptors (Lipinski definition) is 4. The Bertz CT molecular complexity index is 405. The van der Waals surface area contributed by atoms with Crippen LogP contribution in [0.15, 0.2) is 0 Å². The highest BCUT2D eigenvalue weighted by atomic mass is 127. The number of nitrogens with one attached hydrogen (secondary N) is 1. The van der Waals surface area contributed by atoms with E-state index in [1.807, 2.05) is 11.8 Å². The number of hydrogen-bond donors (Lipinski definition) is 1. The van der Waals surface area contributed by atoms with Crippen molar-refractivity contribution in [3.05, 3.63) is 15.1 Å². The molecule has 2 rings (SSSR count). The van der Waals surface area contributed by atoms with Crippen LogP contribution in [0.5, 0.6) is 0 Å². The van der Waals surface area contributed by atoms with Gasteiger partial charge >= 0.3 is 0 Å². The van der Waals surface area contributed by atoms with Crippen molar-refractivity contribution in [2.24, 2.45) is 0 Å². The van der Waals surface area contributed by atoms with E-state index in [1.165, 1.54) is 27.9 Å². The Balaban J connectivity index is 2.29. The van der Waals surface area contributed by atoms with E-state index in [0.29, 0.717) is 5.25 Å². The van der Waals surface area contributed by atoms with Crippen molar-refractivity contribution < 1.29 is 0 Å². The van der Waals surface area contributed by atoms with Crippen molar-refractivity contribution in [1.82, 2.24) is 9.97 Å². The highest BCUT2D eigenvalue weighted by Crippen LogP contribution is 2.39. The lowest BCUT2D eigenvalue weighted by Gasteiger charge is -2.14. The zero-order valence-electron chi connectivity index (χ0n) is 11.0. The number of anilines is 1. The standard InChI is InChI=1S/C13H20IN3S/c1-3-7-15-13-11(14)9(4-2)16-12(17-13)10-6-5-8-18-10/h10H,3-8H2,1-2H3,(H,15,16,17). The maximum Gasteiger partial charge on any atom is 0.144 e. The molecule has 1 N–H and O–H groups in total. The number of nitrogens with zero attached hydrogens (tertiary/aromatic N) is 2. The zero-order valence-corrected chi connectivity index (χ0v) is 14.0. The Hall–Kier alpha value is -0.0400. The lowest BCUT2D eigenvalue weighted by Crippen LogP contribution is -2.11. The summed E-state index contributed by atoms with van der Waals surface area (Å²) in [5, 5.41) is 3.94. The van der Waals surface area contributed by atoms with Crippen LogP contribution in [0, 0.1) is 3.57 Å². The molecule has 0 bridgehead atoms. The molecule has 18 heavy (non-hydrogen) atoms. The Morgan fingerprint density at radius 1 is 1.39 bits per heavy atom. The van der Waals surface area contributed by atoms with Gasteiger partial charge in [-0.3, -0.25) is 0 Å². The van der Waals surface area contributed by atoms with Crippen molar-refractivity contribution in [1.29, 1.82) is 0 Å². The fourth-order valence-electron chi connectivity index (χ4n) is 2.03. The summed E-state index contributed by atoms with van der Waals surface area (Å²) in [5.41, 5.74) is 1.19. The van der Waals surface area contributed by atoms with E-state index in [2.05, 4.69) is 41.8 Å². The van der Waals surface area contributed by atoms with E-state index in [1.54, 1.807) is 0 Å². The average Bonchev–Trinajstić information content (AvgIpc) is 2.91. The first-order valence-electron chi connectivity index (χ1n) is 6.68. The zero-order chi connectivity index (χ0) is 13.0. The Morgan fingerprint density at radius 3 is 2.83 bits per heavy atom. The van der Waals surface area contributed by atoms with Crippen LogP contribution >= 0.6 is 34.4 Å². The van der Waals surface area contributed by atoms with Gasteiger partial charge in [0.25, 0.3) is 0 Å². The van der Waals surface area contributed by atoms with Gasteiger partial charge in [0.1, 0.15) is 11.6 Å². The fraction of sp³-hybridized carbons (Fsp3) is 0.692. The molecule has 1 aromatic heterocycles. The largest absolute Gasteiger partial charge is 0.369 e. The number of aromatic nitrogens is 2. The molecule has 5 heteroatoms. The van der Waals surface area contributed by atoms with Crippen molar-refractivity contribution in [2.75, 3.05) is 17.6 Å². The maximum absolute atomic E-state index is 4.76. The molecular weight excluding hydrogens is 357 g/mol. The quantitative estimate of drug-likeness (QED) is 0.787. The van der Waals surface area contributed by atoms with Gasteiger partial charge in [-0.05, 0) is 54.0 Å². The van der Waals surface area contributed by atoms with Crippen LogP contribution in [0.3, 0.4) is 0 Å². The van der Waals surface area contributed by atoms with E-state index >= 15 is 0 Å². The summed E-state index contributed by atoms with van der Waals surface area (Å²) in [6.07, 6.45) is 4.62. The topological polar surface area (TPSA) is 37.8 Å². The van der Waals surface area contributed by atoms with Crippen LogP contribution < -0.4 is 5.32 Å². The van der Waals surface area contributed by atoms with Crippen molar-refractivity contribution in [3.63, 3.8) is 0 Å². The van der Waals surface area contributed by atoms with Crippen LogP contribution in [0.2, 0.25) is 0 Å². The van der Waals surface area contributed by atoms with Crippen LogP contribution in [-0.2, 0) is 6.42 Å². The van der Waals surface area contributed by atoms with Crippen LogP contribution in [0.25, 0.3) is 0 Å². The first kappa shape index (κ1) is 14.4. The fourth-order valence-corrected chi connectivity index (χ4v) is 4.05. The minimum absolute atomic E-state index is 0.509. The van der Waals surface area contributed by atoms with Gasteiger partial charge in [0, 0.05) is 6.54 Å². The second kappa shape index (κ2) is 6.93. The Morgan fingerprint density at radius 2 is 2.22 bits per heavy atom. The van der Waals surface area contributed by atoms with E-state index in [-0.39, 0.29) is 0 Å². The molecule has 1 aliphatic rings. The Labute approximate surface area is 127 Å². The predicted molar refractivity (Wildman–Crippen MR) is 87.3 cm³/mol. The first-order valence-corrected chi connectivity index (χ1v) is 8.80. The minimum Gasteiger partial charge on any atom is -0.369 e. The van der Waals surface area contributed by atoms with Gasteiger partial charge in [-0.2, -0.15) is 11.8 Å². The molecule has 2 heterocycles. The summed E-state index contributed by atoms with van der Waals surface area (Å²) in [6, 6.07) is 0. The summed E-state index contributed by atoms with van der Waals surface area (Å²) < 4.78 is 1.19. The SMILES string of the molecule is CCCNc1nc(C2CCCS2)nc(CC)c1I. The predicted octanol–water partition coefficient (Wildman–Crippen LogP) is 4.03. The molecule has 1 fully saturated rings. The van der Waals surface area contributed by atoms with Gasteiger partial charge in [0.05, 0.1) is 14.5 Å². The molecular formula is C13H20IN3S. The van der Waals surface area contributed by atoms with Crippen molar-refractivity contribution >= 4 is 40.2 Å². The molecule has 0 spiro atoms. The average molecular weight is 377 g/mol. The van der Waals surface area contributed by atoms with Crippen LogP contribution in [-0.4, -0.2) is 22.3 Å². The molecule has 0 saturated carbocycles. The van der Waals surface area contributed by atoms with Gasteiger partial charge in [0.15, 0.2) is 0 Å². The third-order valence-electron chi connectivity index (χ3n) is 3.03. The van der Waals surface area contributed by atoms with Gasteiger partial charge in [-0.1, -0.05) is 13.8 Å². The number of aryl methyl sites for hydroxylation is 1. The molecule has 0 aromatic carbocycles. The second-order valence-corrected chi connectivity index (χ2v) is 6.86. The van der Waals surface area contributed by atoms with Gasteiger partial charge in [0.2, 0.25) is 0 Å². The number of rotatable bonds is 5. The molecule has 100 valence electrons. The lowest BCUT2D eigenvalue weighted by molar-refractivity contribution is 0.762. The summed E-state index contributed by atoms with van der Waals surface area (Å²) in [4.78, 5) is 9.51. The highest BCUT2D eigenvalue weighted by molar-refractivity contribution is 14.1. The third-order valence-corrected chi connectivity index (χ3v) is 5.54. The van der Waals surface area contributed by atoms with Crippen molar-refractivity contribution in [2.45, 2.75) is 44.8 Å². The second-order valence-electron chi connectivity index (χ2n) is 4.47. The first-order chi connectivity index (χ1) is 8.76. The molecule has 0 aliphatic carbocycles. The smallest absolute Gasteiger partial charge is 0.144 e. The van der Waals surface area contributed by atoms with Crippen molar-refractivity contribution in [3.8, 4) is 0 Å². The molecule has 1 aromatic rings. The highest BCUT2D eigenvalue weighted by Gasteiger charge is 2.22. The minimum atomic E-state index is 0.509. The number of thioether (sulfide) groups is 1. The van der Waals surface area contributed by atoms with E-state index in [0.717, 1.165) is 31.0 Å². The lowest BCUT2D eigenvalue weighted by atomic mass is 10.2. The maximum atomic E-state index is 4.76. The molecule has 0 radical (unpaired) electrons. The van der Waals surface area contributed by atoms with Crippen LogP contribution in [0.4, 0.5) is 5.82 Å². The normalized spacial score (nSPS) is 19.2.